The highest BCUT2D eigenvalue weighted by Gasteiger charge is 2.34. The highest BCUT2D eigenvalue weighted by molar-refractivity contribution is 7.89. The van der Waals surface area contributed by atoms with Gasteiger partial charge in [0.15, 0.2) is 0 Å². The first kappa shape index (κ1) is 26.9. The quantitative estimate of drug-likeness (QED) is 0.301. The molecule has 0 aromatic heterocycles. The molecule has 0 bridgehead atoms. The van der Waals surface area contributed by atoms with Gasteiger partial charge >= 0.3 is 6.09 Å². The Morgan fingerprint density at radius 3 is 2.49 bits per heavy atom. The molecule has 0 heterocycles. The molecule has 192 valence electrons. The van der Waals surface area contributed by atoms with Crippen LogP contribution in [0, 0.1) is 0 Å². The molecule has 4 N–H and O–H groups in total. The second-order valence-electron chi connectivity index (χ2n) is 8.36. The van der Waals surface area contributed by atoms with Crippen molar-refractivity contribution in [3.05, 3.63) is 60.2 Å². The summed E-state index contributed by atoms with van der Waals surface area (Å²) >= 11 is 0. The fourth-order valence-electron chi connectivity index (χ4n) is 3.95. The Morgan fingerprint density at radius 2 is 1.83 bits per heavy atom. The number of hydroxylamine groups is 1. The number of nitrogens with one attached hydrogen (secondary N) is 1. The third-order valence-corrected chi connectivity index (χ3v) is 7.33. The summed E-state index contributed by atoms with van der Waals surface area (Å²) in [6.07, 6.45) is 0.291. The lowest BCUT2D eigenvalue weighted by Gasteiger charge is -2.30. The molecule has 10 nitrogen and oxygen atoms in total. The van der Waals surface area contributed by atoms with Crippen LogP contribution in [0.2, 0.25) is 0 Å². The summed E-state index contributed by atoms with van der Waals surface area (Å²) in [5, 5.41) is 31.6. The molecule has 0 spiro atoms. The largest absolute Gasteiger partial charge is 0.491 e. The molecule has 0 saturated heterocycles. The number of amides is 1. The van der Waals surface area contributed by atoms with E-state index in [1.807, 2.05) is 6.07 Å². The van der Waals surface area contributed by atoms with Crippen molar-refractivity contribution in [2.24, 2.45) is 0 Å². The third-order valence-electron chi connectivity index (χ3n) is 5.71. The monoisotopic (exact) mass is 508 g/mol. The van der Waals surface area contributed by atoms with Crippen LogP contribution < -0.4 is 10.1 Å². The Labute approximate surface area is 205 Å². The van der Waals surface area contributed by atoms with E-state index in [-0.39, 0.29) is 36.4 Å². The van der Waals surface area contributed by atoms with Crippen molar-refractivity contribution in [3.63, 3.8) is 0 Å². The van der Waals surface area contributed by atoms with E-state index < -0.39 is 34.8 Å². The van der Waals surface area contributed by atoms with Crippen molar-refractivity contribution in [2.75, 3.05) is 19.8 Å². The fourth-order valence-corrected chi connectivity index (χ4v) is 5.29. The van der Waals surface area contributed by atoms with Gasteiger partial charge in [0.1, 0.15) is 12.4 Å². The number of aliphatic hydroxyl groups is 2. The zero-order valence-electron chi connectivity index (χ0n) is 19.3. The number of carboxylic acid groups (broad SMARTS) is 1. The number of benzene rings is 2. The van der Waals surface area contributed by atoms with Gasteiger partial charge in [-0.1, -0.05) is 53.7 Å². The van der Waals surface area contributed by atoms with Crippen LogP contribution in [0.4, 0.5) is 4.79 Å². The van der Waals surface area contributed by atoms with Gasteiger partial charge in [0, 0.05) is 6.07 Å². The van der Waals surface area contributed by atoms with Gasteiger partial charge in [-0.05, 0) is 37.0 Å². The number of ether oxygens (including phenoxy) is 1. The number of hydrogen-bond acceptors (Lipinski definition) is 7. The predicted octanol–water partition coefficient (Wildman–Crippen LogP) is 2.16. The number of hydrogen-bond donors (Lipinski definition) is 4. The van der Waals surface area contributed by atoms with Crippen LogP contribution >= 0.6 is 0 Å². The van der Waals surface area contributed by atoms with Crippen molar-refractivity contribution in [3.8, 4) is 5.75 Å². The minimum Gasteiger partial charge on any atom is -0.491 e. The van der Waals surface area contributed by atoms with Gasteiger partial charge in [-0.25, -0.2) is 13.2 Å². The maximum Gasteiger partial charge on any atom is 0.404 e. The minimum atomic E-state index is -4.23. The maximum absolute atomic E-state index is 13.5. The van der Waals surface area contributed by atoms with Crippen LogP contribution in [0.5, 0.6) is 5.75 Å². The van der Waals surface area contributed by atoms with Crippen LogP contribution in [-0.2, 0) is 21.3 Å². The van der Waals surface area contributed by atoms with Crippen molar-refractivity contribution < 1.29 is 38.1 Å². The molecule has 0 aliphatic heterocycles. The Balaban J connectivity index is 1.85. The Bertz CT molecular complexity index is 1040. The van der Waals surface area contributed by atoms with Gasteiger partial charge < -0.3 is 25.4 Å². The van der Waals surface area contributed by atoms with Gasteiger partial charge in [-0.3, -0.25) is 4.84 Å². The first-order valence-electron chi connectivity index (χ1n) is 11.5. The van der Waals surface area contributed by atoms with E-state index in [1.165, 1.54) is 18.2 Å². The summed E-state index contributed by atoms with van der Waals surface area (Å²) in [6.45, 7) is -0.690. The van der Waals surface area contributed by atoms with Crippen LogP contribution in [-0.4, -0.2) is 72.3 Å². The average Bonchev–Trinajstić information content (AvgIpc) is 3.35. The molecule has 1 fully saturated rings. The van der Waals surface area contributed by atoms with E-state index >= 15 is 0 Å². The molecule has 3 rings (SSSR count). The SMILES string of the molecule is O=C(O)N[C@@H](Cc1ccccc1)[C@H](O)CN(OC1CCCC1)S(=O)(=O)c1cccc(OCCO)c1. The molecule has 35 heavy (non-hydrogen) atoms. The maximum atomic E-state index is 13.5. The number of sulfonamides is 1. The third kappa shape index (κ3) is 7.91. The molecule has 2 aromatic rings. The first-order valence-corrected chi connectivity index (χ1v) is 13.0. The van der Waals surface area contributed by atoms with E-state index in [0.29, 0.717) is 12.8 Å². The molecule has 0 radical (unpaired) electrons. The first-order chi connectivity index (χ1) is 16.8. The Morgan fingerprint density at radius 1 is 1.11 bits per heavy atom. The number of rotatable bonds is 13. The van der Waals surface area contributed by atoms with Crippen LogP contribution in [0.15, 0.2) is 59.5 Å². The average molecular weight is 509 g/mol. The molecule has 1 aliphatic rings. The van der Waals surface area contributed by atoms with E-state index in [2.05, 4.69) is 5.32 Å². The highest BCUT2D eigenvalue weighted by Crippen LogP contribution is 2.27. The lowest BCUT2D eigenvalue weighted by atomic mass is 10.0. The summed E-state index contributed by atoms with van der Waals surface area (Å²) in [5.41, 5.74) is 0.783. The summed E-state index contributed by atoms with van der Waals surface area (Å²) in [5.74, 6) is 0.260. The Kier molecular flexibility index (Phi) is 9.87. The van der Waals surface area contributed by atoms with Gasteiger partial charge in [0.25, 0.3) is 10.0 Å². The summed E-state index contributed by atoms with van der Waals surface area (Å²) in [6, 6.07) is 13.8. The lowest BCUT2D eigenvalue weighted by Crippen LogP contribution is -2.50. The highest BCUT2D eigenvalue weighted by atomic mass is 32.2. The standard InChI is InChI=1S/C24H32N2O8S/c27-13-14-33-20-11-6-12-21(16-20)35(31,32)26(34-19-9-4-5-10-19)17-23(28)22(25-24(29)30)15-18-7-2-1-3-8-18/h1-3,6-8,11-12,16,19,22-23,25,27-28H,4-5,9-10,13-15,17H2,(H,29,30)/t22-,23+/m0/s1. The van der Waals surface area contributed by atoms with Crippen molar-refractivity contribution in [1.29, 1.82) is 0 Å². The van der Waals surface area contributed by atoms with E-state index in [9.17, 15) is 23.4 Å². The smallest absolute Gasteiger partial charge is 0.404 e. The number of carbonyl (C=O) groups is 1. The molecule has 1 saturated carbocycles. The summed E-state index contributed by atoms with van der Waals surface area (Å²) in [7, 11) is -4.23. The normalized spacial score (nSPS) is 16.2. The van der Waals surface area contributed by atoms with Crippen molar-refractivity contribution in [2.45, 2.75) is 55.2 Å². The summed E-state index contributed by atoms with van der Waals surface area (Å²) < 4.78 is 33.2. The minimum absolute atomic E-state index is 0.00648. The van der Waals surface area contributed by atoms with E-state index in [0.717, 1.165) is 22.9 Å². The molecule has 2 atom stereocenters. The molecular formula is C24H32N2O8S. The molecule has 11 heteroatoms. The van der Waals surface area contributed by atoms with E-state index in [1.54, 1.807) is 30.3 Å². The topological polar surface area (TPSA) is 146 Å². The zero-order chi connectivity index (χ0) is 25.3. The van der Waals surface area contributed by atoms with Crippen LogP contribution in [0.3, 0.4) is 0 Å². The lowest BCUT2D eigenvalue weighted by molar-refractivity contribution is -0.145. The van der Waals surface area contributed by atoms with Crippen molar-refractivity contribution >= 4 is 16.1 Å². The van der Waals surface area contributed by atoms with Gasteiger partial charge in [-0.15, -0.1) is 0 Å². The molecular weight excluding hydrogens is 476 g/mol. The van der Waals surface area contributed by atoms with Crippen LogP contribution in [0.1, 0.15) is 31.2 Å². The molecule has 2 aromatic carbocycles. The number of nitrogens with zero attached hydrogens (tertiary/aromatic N) is 1. The van der Waals surface area contributed by atoms with Crippen LogP contribution in [0.25, 0.3) is 0 Å². The molecule has 0 unspecified atom stereocenters. The number of aliphatic hydroxyl groups excluding tert-OH is 2. The Hall–Kier alpha value is -2.70. The fraction of sp³-hybridized carbons (Fsp3) is 0.458. The zero-order valence-corrected chi connectivity index (χ0v) is 20.1. The second kappa shape index (κ2) is 12.8. The second-order valence-corrected chi connectivity index (χ2v) is 10.2. The molecule has 1 amide bonds. The van der Waals surface area contributed by atoms with E-state index in [4.69, 9.17) is 14.7 Å². The molecule has 1 aliphatic carbocycles. The van der Waals surface area contributed by atoms with Crippen molar-refractivity contribution in [1.82, 2.24) is 9.79 Å². The van der Waals surface area contributed by atoms with Gasteiger partial charge in [0.05, 0.1) is 36.3 Å². The van der Waals surface area contributed by atoms with Gasteiger partial charge in [0.2, 0.25) is 0 Å². The summed E-state index contributed by atoms with van der Waals surface area (Å²) in [4.78, 5) is 17.1. The van der Waals surface area contributed by atoms with Gasteiger partial charge in [-0.2, -0.15) is 0 Å². The predicted molar refractivity (Wildman–Crippen MR) is 127 cm³/mol.